The lowest BCUT2D eigenvalue weighted by atomic mass is 10.3. The molecule has 0 aliphatic carbocycles. The molecule has 1 fully saturated rings. The number of rotatable bonds is 7. The summed E-state index contributed by atoms with van der Waals surface area (Å²) in [5.74, 6) is 1.28. The maximum Gasteiger partial charge on any atom is 0.329 e. The molecular formula is C16H21NO3S2. The molecule has 6 heteroatoms. The van der Waals surface area contributed by atoms with Gasteiger partial charge in [-0.15, -0.1) is 23.5 Å². The Morgan fingerprint density at radius 1 is 1.36 bits per heavy atom. The van der Waals surface area contributed by atoms with Gasteiger partial charge in [-0.1, -0.05) is 31.5 Å². The first-order valence-corrected chi connectivity index (χ1v) is 9.58. The van der Waals surface area contributed by atoms with E-state index in [2.05, 4.69) is 6.92 Å². The molecule has 0 aromatic heterocycles. The van der Waals surface area contributed by atoms with Crippen LogP contribution in [0.1, 0.15) is 19.8 Å². The number of ether oxygens (including phenoxy) is 1. The minimum atomic E-state index is -0.425. The predicted molar refractivity (Wildman–Crippen MR) is 91.0 cm³/mol. The van der Waals surface area contributed by atoms with Crippen LogP contribution >= 0.6 is 23.5 Å². The molecule has 0 radical (unpaired) electrons. The van der Waals surface area contributed by atoms with E-state index in [0.29, 0.717) is 24.0 Å². The average Bonchev–Trinajstić information content (AvgIpc) is 3.03. The third-order valence-electron chi connectivity index (χ3n) is 3.32. The number of carbonyl (C=O) groups is 2. The van der Waals surface area contributed by atoms with Gasteiger partial charge >= 0.3 is 5.97 Å². The summed E-state index contributed by atoms with van der Waals surface area (Å²) in [6.45, 7) is 2.49. The summed E-state index contributed by atoms with van der Waals surface area (Å²) in [6.07, 6.45) is 1.85. The molecule has 1 aromatic carbocycles. The molecule has 0 spiro atoms. The molecule has 1 saturated heterocycles. The monoisotopic (exact) mass is 339 g/mol. The van der Waals surface area contributed by atoms with Gasteiger partial charge in [0.05, 0.1) is 18.2 Å². The van der Waals surface area contributed by atoms with E-state index in [1.807, 2.05) is 30.3 Å². The highest BCUT2D eigenvalue weighted by Crippen LogP contribution is 2.24. The molecule has 4 nitrogen and oxygen atoms in total. The molecule has 1 aliphatic heterocycles. The standard InChI is InChI=1S/C16H21NO3S2/c1-2-3-9-20-16(19)14-10-21-12-17(14)15(18)11-22-13-7-5-4-6-8-13/h4-8,14H,2-3,9-12H2,1H3. The second-order valence-corrected chi connectivity index (χ2v) is 7.05. The molecule has 22 heavy (non-hydrogen) atoms. The van der Waals surface area contributed by atoms with Crippen LogP contribution in [0.3, 0.4) is 0 Å². The lowest BCUT2D eigenvalue weighted by Gasteiger charge is -2.22. The van der Waals surface area contributed by atoms with Crippen molar-refractivity contribution >= 4 is 35.4 Å². The third-order valence-corrected chi connectivity index (χ3v) is 5.33. The largest absolute Gasteiger partial charge is 0.464 e. The molecule has 0 N–H and O–H groups in total. The molecule has 1 atom stereocenters. The van der Waals surface area contributed by atoms with Crippen LogP contribution in [0.5, 0.6) is 0 Å². The number of thioether (sulfide) groups is 2. The van der Waals surface area contributed by atoms with Gasteiger partial charge in [-0.05, 0) is 18.6 Å². The summed E-state index contributed by atoms with van der Waals surface area (Å²) in [5, 5.41) is 0. The summed E-state index contributed by atoms with van der Waals surface area (Å²) >= 11 is 3.10. The average molecular weight is 339 g/mol. The lowest BCUT2D eigenvalue weighted by Crippen LogP contribution is -2.43. The second-order valence-electron chi connectivity index (χ2n) is 5.00. The number of hydrogen-bond donors (Lipinski definition) is 0. The lowest BCUT2D eigenvalue weighted by molar-refractivity contribution is -0.152. The Labute approximate surface area is 140 Å². The van der Waals surface area contributed by atoms with Gasteiger partial charge in [-0.2, -0.15) is 0 Å². The Bertz CT molecular complexity index is 495. The van der Waals surface area contributed by atoms with Crippen LogP contribution in [0, 0.1) is 0 Å². The minimum Gasteiger partial charge on any atom is -0.464 e. The van der Waals surface area contributed by atoms with E-state index in [-0.39, 0.29) is 11.9 Å². The summed E-state index contributed by atoms with van der Waals surface area (Å²) in [4.78, 5) is 27.1. The fourth-order valence-electron chi connectivity index (χ4n) is 2.04. The number of unbranched alkanes of at least 4 members (excludes halogenated alkanes) is 1. The van der Waals surface area contributed by atoms with Gasteiger partial charge in [0.1, 0.15) is 6.04 Å². The highest BCUT2D eigenvalue weighted by Gasteiger charge is 2.35. The Balaban J connectivity index is 1.84. The first-order valence-electron chi connectivity index (χ1n) is 7.44. The van der Waals surface area contributed by atoms with Crippen molar-refractivity contribution in [1.82, 2.24) is 4.90 Å². The molecule has 1 aromatic rings. The highest BCUT2D eigenvalue weighted by molar-refractivity contribution is 8.00. The van der Waals surface area contributed by atoms with Gasteiger partial charge in [-0.3, -0.25) is 4.79 Å². The van der Waals surface area contributed by atoms with Gasteiger partial charge < -0.3 is 9.64 Å². The number of carbonyl (C=O) groups excluding carboxylic acids is 2. The van der Waals surface area contributed by atoms with Crippen LogP contribution in [0.4, 0.5) is 0 Å². The van der Waals surface area contributed by atoms with Crippen LogP contribution in [-0.2, 0) is 14.3 Å². The topological polar surface area (TPSA) is 46.6 Å². The summed E-state index contributed by atoms with van der Waals surface area (Å²) in [6, 6.07) is 9.38. The fraction of sp³-hybridized carbons (Fsp3) is 0.500. The summed E-state index contributed by atoms with van der Waals surface area (Å²) < 4.78 is 5.26. The van der Waals surface area contributed by atoms with Crippen LogP contribution in [0.15, 0.2) is 35.2 Å². The maximum atomic E-state index is 12.3. The maximum absolute atomic E-state index is 12.3. The van der Waals surface area contributed by atoms with E-state index < -0.39 is 6.04 Å². The van der Waals surface area contributed by atoms with Crippen molar-refractivity contribution in [3.8, 4) is 0 Å². The zero-order valence-corrected chi connectivity index (χ0v) is 14.3. The van der Waals surface area contributed by atoms with Gasteiger partial charge in [0, 0.05) is 10.6 Å². The zero-order chi connectivity index (χ0) is 15.8. The van der Waals surface area contributed by atoms with E-state index in [1.54, 1.807) is 16.7 Å². The van der Waals surface area contributed by atoms with Crippen LogP contribution in [0.25, 0.3) is 0 Å². The Morgan fingerprint density at radius 2 is 2.14 bits per heavy atom. The van der Waals surface area contributed by atoms with Crippen molar-refractivity contribution in [2.45, 2.75) is 30.7 Å². The number of nitrogens with zero attached hydrogens (tertiary/aromatic N) is 1. The first kappa shape index (κ1) is 17.2. The van der Waals surface area contributed by atoms with E-state index in [4.69, 9.17) is 4.74 Å². The first-order chi connectivity index (χ1) is 10.7. The molecule has 0 saturated carbocycles. The summed E-state index contributed by atoms with van der Waals surface area (Å²) in [5.41, 5.74) is 0. The zero-order valence-electron chi connectivity index (χ0n) is 12.7. The minimum absolute atomic E-state index is 0.00343. The molecule has 0 bridgehead atoms. The van der Waals surface area contributed by atoms with Gasteiger partial charge in [0.2, 0.25) is 5.91 Å². The van der Waals surface area contributed by atoms with Crippen molar-refractivity contribution in [1.29, 1.82) is 0 Å². The van der Waals surface area contributed by atoms with Crippen LogP contribution in [-0.4, -0.2) is 46.8 Å². The van der Waals surface area contributed by atoms with Gasteiger partial charge in [-0.25, -0.2) is 4.79 Å². The Hall–Kier alpha value is -1.14. The molecule has 1 aliphatic rings. The Kier molecular flexibility index (Phi) is 7.12. The van der Waals surface area contributed by atoms with E-state index in [1.165, 1.54) is 11.8 Å². The summed E-state index contributed by atoms with van der Waals surface area (Å²) in [7, 11) is 0. The van der Waals surface area contributed by atoms with Crippen LogP contribution in [0.2, 0.25) is 0 Å². The third kappa shape index (κ3) is 4.95. The second kappa shape index (κ2) is 9.10. The molecule has 120 valence electrons. The predicted octanol–water partition coefficient (Wildman–Crippen LogP) is 3.02. The van der Waals surface area contributed by atoms with Crippen molar-refractivity contribution in [2.75, 3.05) is 24.0 Å². The van der Waals surface area contributed by atoms with Crippen molar-refractivity contribution in [3.63, 3.8) is 0 Å². The molecule has 1 heterocycles. The van der Waals surface area contributed by atoms with Gasteiger partial charge in [0.25, 0.3) is 0 Å². The van der Waals surface area contributed by atoms with E-state index in [9.17, 15) is 9.59 Å². The van der Waals surface area contributed by atoms with Crippen LogP contribution < -0.4 is 0 Å². The fourth-order valence-corrected chi connectivity index (χ4v) is 4.01. The van der Waals surface area contributed by atoms with E-state index in [0.717, 1.165) is 17.7 Å². The Morgan fingerprint density at radius 3 is 2.86 bits per heavy atom. The quantitative estimate of drug-likeness (QED) is 0.434. The number of amides is 1. The van der Waals surface area contributed by atoms with E-state index >= 15 is 0 Å². The molecule has 1 amide bonds. The van der Waals surface area contributed by atoms with Crippen molar-refractivity contribution in [3.05, 3.63) is 30.3 Å². The van der Waals surface area contributed by atoms with Crippen molar-refractivity contribution < 1.29 is 14.3 Å². The normalized spacial score (nSPS) is 17.5. The van der Waals surface area contributed by atoms with Crippen molar-refractivity contribution in [2.24, 2.45) is 0 Å². The molecule has 2 rings (SSSR count). The number of hydrogen-bond acceptors (Lipinski definition) is 5. The molecule has 1 unspecified atom stereocenters. The highest BCUT2D eigenvalue weighted by atomic mass is 32.2. The molecular weight excluding hydrogens is 318 g/mol. The van der Waals surface area contributed by atoms with Gasteiger partial charge in [0.15, 0.2) is 0 Å². The number of esters is 1. The SMILES string of the molecule is CCCCOC(=O)C1CSCN1C(=O)CSc1ccccc1. The number of benzene rings is 1. The smallest absolute Gasteiger partial charge is 0.329 e.